The van der Waals surface area contributed by atoms with Crippen LogP contribution in [-0.2, 0) is 15.9 Å². The minimum absolute atomic E-state index is 0.266. The van der Waals surface area contributed by atoms with Crippen LogP contribution in [0.15, 0.2) is 60.7 Å². The summed E-state index contributed by atoms with van der Waals surface area (Å²) < 4.78 is 10.5. The Morgan fingerprint density at radius 2 is 1.47 bits per heavy atom. The molecule has 19 heavy (non-hydrogen) atoms. The molecule has 0 aromatic heterocycles. The Bertz CT molecular complexity index is 551. The van der Waals surface area contributed by atoms with Gasteiger partial charge in [-0.2, -0.15) is 0 Å². The van der Waals surface area contributed by atoms with Gasteiger partial charge in [-0.1, -0.05) is 60.7 Å². The van der Waals surface area contributed by atoms with Crippen LogP contribution in [0.4, 0.5) is 4.79 Å². The van der Waals surface area contributed by atoms with Gasteiger partial charge < -0.3 is 9.47 Å². The second-order valence-corrected chi connectivity index (χ2v) is 4.55. The number of carbonyl (C=O) groups is 1. The zero-order chi connectivity index (χ0) is 13.1. The molecule has 0 bridgehead atoms. The Morgan fingerprint density at radius 3 is 2.16 bits per heavy atom. The second kappa shape index (κ2) is 5.14. The van der Waals surface area contributed by atoms with Crippen LogP contribution in [-0.4, -0.2) is 12.3 Å². The molecular formula is C16H14O3. The van der Waals surface area contributed by atoms with Crippen LogP contribution in [0.25, 0.3) is 0 Å². The van der Waals surface area contributed by atoms with Gasteiger partial charge in [0, 0.05) is 6.42 Å². The summed E-state index contributed by atoms with van der Waals surface area (Å²) in [5.41, 5.74) is 2.10. The maximum absolute atomic E-state index is 11.4. The quantitative estimate of drug-likeness (QED) is 0.786. The van der Waals surface area contributed by atoms with Gasteiger partial charge in [-0.05, 0) is 11.1 Å². The van der Waals surface area contributed by atoms with Crippen molar-refractivity contribution in [2.45, 2.75) is 18.6 Å². The topological polar surface area (TPSA) is 35.5 Å². The van der Waals surface area contributed by atoms with Crippen molar-refractivity contribution in [3.63, 3.8) is 0 Å². The summed E-state index contributed by atoms with van der Waals surface area (Å²) in [4.78, 5) is 11.4. The normalized spacial score (nSPS) is 21.8. The Balaban J connectivity index is 1.81. The van der Waals surface area contributed by atoms with Crippen molar-refractivity contribution in [2.75, 3.05) is 0 Å². The SMILES string of the molecule is O=C1O[C@@H](Cc2ccccc2)[C@@H](c2ccccc2)O1. The van der Waals surface area contributed by atoms with Crippen molar-refractivity contribution in [1.82, 2.24) is 0 Å². The highest BCUT2D eigenvalue weighted by molar-refractivity contribution is 5.63. The van der Waals surface area contributed by atoms with Gasteiger partial charge in [-0.3, -0.25) is 0 Å². The zero-order valence-electron chi connectivity index (χ0n) is 10.4. The minimum atomic E-state index is -0.588. The summed E-state index contributed by atoms with van der Waals surface area (Å²) in [5, 5.41) is 0. The predicted molar refractivity (Wildman–Crippen MR) is 70.7 cm³/mol. The molecule has 96 valence electrons. The monoisotopic (exact) mass is 254 g/mol. The molecule has 0 N–H and O–H groups in total. The highest BCUT2D eigenvalue weighted by Crippen LogP contribution is 2.32. The standard InChI is InChI=1S/C16H14O3/c17-16-18-14(11-12-7-3-1-4-8-12)15(19-16)13-9-5-2-6-10-13/h1-10,14-15H,11H2/t14-,15+/m0/s1. The molecule has 0 unspecified atom stereocenters. The van der Waals surface area contributed by atoms with Crippen molar-refractivity contribution in [3.8, 4) is 0 Å². The Kier molecular flexibility index (Phi) is 3.19. The number of cyclic esters (lactones) is 2. The van der Waals surface area contributed by atoms with Gasteiger partial charge in [-0.25, -0.2) is 4.79 Å². The number of carbonyl (C=O) groups excluding carboxylic acids is 1. The van der Waals surface area contributed by atoms with Crippen LogP contribution in [0.1, 0.15) is 17.2 Å². The fourth-order valence-corrected chi connectivity index (χ4v) is 2.31. The van der Waals surface area contributed by atoms with E-state index in [2.05, 4.69) is 0 Å². The number of hydrogen-bond acceptors (Lipinski definition) is 3. The Hall–Kier alpha value is -2.29. The molecule has 1 saturated heterocycles. The highest BCUT2D eigenvalue weighted by atomic mass is 16.8. The molecule has 2 aromatic carbocycles. The van der Waals surface area contributed by atoms with Gasteiger partial charge in [0.05, 0.1) is 0 Å². The van der Waals surface area contributed by atoms with Gasteiger partial charge in [0.25, 0.3) is 0 Å². The van der Waals surface area contributed by atoms with Crippen LogP contribution in [0, 0.1) is 0 Å². The second-order valence-electron chi connectivity index (χ2n) is 4.55. The van der Waals surface area contributed by atoms with Crippen molar-refractivity contribution in [1.29, 1.82) is 0 Å². The van der Waals surface area contributed by atoms with Gasteiger partial charge in [-0.15, -0.1) is 0 Å². The third-order valence-electron chi connectivity index (χ3n) is 3.22. The van der Waals surface area contributed by atoms with E-state index in [9.17, 15) is 4.79 Å². The van der Waals surface area contributed by atoms with Gasteiger partial charge in [0.15, 0.2) is 12.2 Å². The molecule has 1 fully saturated rings. The van der Waals surface area contributed by atoms with E-state index in [0.29, 0.717) is 6.42 Å². The minimum Gasteiger partial charge on any atom is -0.426 e. The van der Waals surface area contributed by atoms with E-state index in [-0.39, 0.29) is 12.2 Å². The molecule has 2 atom stereocenters. The fourth-order valence-electron chi connectivity index (χ4n) is 2.31. The third kappa shape index (κ3) is 2.60. The molecular weight excluding hydrogens is 240 g/mol. The lowest BCUT2D eigenvalue weighted by Gasteiger charge is -2.15. The van der Waals surface area contributed by atoms with E-state index < -0.39 is 6.16 Å². The number of benzene rings is 2. The van der Waals surface area contributed by atoms with E-state index in [1.807, 2.05) is 60.7 Å². The average Bonchev–Trinajstić information content (AvgIpc) is 2.82. The first kappa shape index (κ1) is 11.8. The molecule has 0 radical (unpaired) electrons. The summed E-state index contributed by atoms with van der Waals surface area (Å²) in [6.45, 7) is 0. The van der Waals surface area contributed by atoms with Crippen LogP contribution < -0.4 is 0 Å². The molecule has 2 aromatic rings. The van der Waals surface area contributed by atoms with Crippen molar-refractivity contribution in [2.24, 2.45) is 0 Å². The summed E-state index contributed by atoms with van der Waals surface area (Å²) in [7, 11) is 0. The third-order valence-corrected chi connectivity index (χ3v) is 3.22. The summed E-state index contributed by atoms with van der Waals surface area (Å²) in [5.74, 6) is 0. The van der Waals surface area contributed by atoms with Gasteiger partial charge in [0.2, 0.25) is 0 Å². The van der Waals surface area contributed by atoms with E-state index >= 15 is 0 Å². The molecule has 0 spiro atoms. The van der Waals surface area contributed by atoms with Crippen LogP contribution in [0.3, 0.4) is 0 Å². The Morgan fingerprint density at radius 1 is 0.842 bits per heavy atom. The van der Waals surface area contributed by atoms with Crippen LogP contribution >= 0.6 is 0 Å². The number of rotatable bonds is 3. The highest BCUT2D eigenvalue weighted by Gasteiger charge is 2.37. The lowest BCUT2D eigenvalue weighted by Crippen LogP contribution is -2.18. The van der Waals surface area contributed by atoms with Crippen LogP contribution in [0.5, 0.6) is 0 Å². The maximum Gasteiger partial charge on any atom is 0.509 e. The van der Waals surface area contributed by atoms with Crippen LogP contribution in [0.2, 0.25) is 0 Å². The first-order valence-corrected chi connectivity index (χ1v) is 6.29. The summed E-state index contributed by atoms with van der Waals surface area (Å²) >= 11 is 0. The lowest BCUT2D eigenvalue weighted by molar-refractivity contribution is 0.116. The first-order valence-electron chi connectivity index (χ1n) is 6.29. The van der Waals surface area contributed by atoms with Crippen molar-refractivity contribution in [3.05, 3.63) is 71.8 Å². The molecule has 1 aliphatic heterocycles. The van der Waals surface area contributed by atoms with Crippen molar-refractivity contribution >= 4 is 6.16 Å². The molecule has 0 saturated carbocycles. The molecule has 3 nitrogen and oxygen atoms in total. The zero-order valence-corrected chi connectivity index (χ0v) is 10.4. The van der Waals surface area contributed by atoms with E-state index in [1.54, 1.807) is 0 Å². The first-order chi connectivity index (χ1) is 9.33. The molecule has 0 amide bonds. The fraction of sp³-hybridized carbons (Fsp3) is 0.188. The smallest absolute Gasteiger partial charge is 0.426 e. The van der Waals surface area contributed by atoms with E-state index in [4.69, 9.17) is 9.47 Å². The number of ether oxygens (including phenoxy) is 2. The average molecular weight is 254 g/mol. The Labute approximate surface area is 111 Å². The van der Waals surface area contributed by atoms with Gasteiger partial charge in [0.1, 0.15) is 0 Å². The maximum atomic E-state index is 11.4. The molecule has 3 heteroatoms. The molecule has 1 aliphatic rings. The molecule has 1 heterocycles. The summed E-state index contributed by atoms with van der Waals surface area (Å²) in [6, 6.07) is 19.7. The largest absolute Gasteiger partial charge is 0.509 e. The predicted octanol–water partition coefficient (Wildman–Crippen LogP) is 3.51. The van der Waals surface area contributed by atoms with E-state index in [0.717, 1.165) is 11.1 Å². The summed E-state index contributed by atoms with van der Waals surface area (Å²) in [6.07, 6.45) is -0.521. The van der Waals surface area contributed by atoms with E-state index in [1.165, 1.54) is 0 Å². The van der Waals surface area contributed by atoms with Gasteiger partial charge >= 0.3 is 6.16 Å². The molecule has 3 rings (SSSR count). The van der Waals surface area contributed by atoms with Crippen molar-refractivity contribution < 1.29 is 14.3 Å². The molecule has 0 aliphatic carbocycles. The lowest BCUT2D eigenvalue weighted by atomic mass is 9.99. The number of hydrogen-bond donors (Lipinski definition) is 0.